The third-order valence-corrected chi connectivity index (χ3v) is 6.13. The molecule has 0 amide bonds. The van der Waals surface area contributed by atoms with Crippen LogP contribution in [0.25, 0.3) is 0 Å². The molecule has 0 radical (unpaired) electrons. The topological polar surface area (TPSA) is 78.2 Å². The molecule has 2 rings (SSSR count). The third kappa shape index (κ3) is 3.06. The van der Waals surface area contributed by atoms with E-state index in [0.29, 0.717) is 30.5 Å². The Morgan fingerprint density at radius 3 is 2.73 bits per heavy atom. The number of carbonyl (C=O) groups excluding carboxylic acids is 1. The molecule has 6 heteroatoms. The number of Topliss-reactive ketones (excluding diaryl/α,β-unsaturated/α-hetero) is 1. The monoisotopic (exact) mass is 320 g/mol. The number of ketones is 1. The van der Waals surface area contributed by atoms with Gasteiger partial charge in [0.05, 0.1) is 22.6 Å². The predicted octanol–water partition coefficient (Wildman–Crippen LogP) is 2.39. The number of nitrogens with zero attached hydrogens (tertiary/aromatic N) is 2. The highest BCUT2D eigenvalue weighted by Gasteiger charge is 2.37. The van der Waals surface area contributed by atoms with Crippen LogP contribution in [-0.2, 0) is 14.8 Å². The Balaban J connectivity index is 2.44. The molecule has 1 aliphatic heterocycles. The fourth-order valence-corrected chi connectivity index (χ4v) is 4.77. The number of sulfonamides is 1. The van der Waals surface area contributed by atoms with Crippen LogP contribution < -0.4 is 0 Å². The van der Waals surface area contributed by atoms with Crippen LogP contribution in [0.2, 0.25) is 0 Å². The lowest BCUT2D eigenvalue weighted by atomic mass is 10.00. The molecule has 1 aromatic carbocycles. The predicted molar refractivity (Wildman–Crippen MR) is 82.7 cm³/mol. The van der Waals surface area contributed by atoms with Gasteiger partial charge in [-0.2, -0.15) is 9.57 Å². The van der Waals surface area contributed by atoms with Gasteiger partial charge in [-0.3, -0.25) is 4.79 Å². The third-order valence-electron chi connectivity index (χ3n) is 4.06. The van der Waals surface area contributed by atoms with Crippen molar-refractivity contribution in [1.29, 1.82) is 5.26 Å². The number of nitriles is 1. The van der Waals surface area contributed by atoms with E-state index in [2.05, 4.69) is 0 Å². The van der Waals surface area contributed by atoms with Crippen LogP contribution in [-0.4, -0.2) is 31.1 Å². The van der Waals surface area contributed by atoms with Crippen molar-refractivity contribution in [1.82, 2.24) is 4.31 Å². The Labute approximate surface area is 131 Å². The summed E-state index contributed by atoms with van der Waals surface area (Å²) < 4.78 is 27.2. The maximum atomic E-state index is 12.9. The number of benzene rings is 1. The number of rotatable bonds is 4. The summed E-state index contributed by atoms with van der Waals surface area (Å²) in [4.78, 5) is 12.3. The number of aryl methyl sites for hydroxylation is 1. The summed E-state index contributed by atoms with van der Waals surface area (Å²) in [5, 5.41) is 8.90. The Morgan fingerprint density at radius 1 is 1.41 bits per heavy atom. The van der Waals surface area contributed by atoms with Crippen molar-refractivity contribution in [3.63, 3.8) is 0 Å². The summed E-state index contributed by atoms with van der Waals surface area (Å²) >= 11 is 0. The first-order valence-corrected chi connectivity index (χ1v) is 8.91. The van der Waals surface area contributed by atoms with E-state index in [-0.39, 0.29) is 10.7 Å². The van der Waals surface area contributed by atoms with E-state index in [4.69, 9.17) is 5.26 Å². The van der Waals surface area contributed by atoms with Crippen molar-refractivity contribution in [3.8, 4) is 6.07 Å². The Hall–Kier alpha value is -1.71. The zero-order valence-corrected chi connectivity index (χ0v) is 13.7. The molecular weight excluding hydrogens is 300 g/mol. The molecule has 1 unspecified atom stereocenters. The zero-order chi connectivity index (χ0) is 16.3. The first-order valence-electron chi connectivity index (χ1n) is 7.47. The van der Waals surface area contributed by atoms with Gasteiger partial charge in [0.25, 0.3) is 0 Å². The number of hydrogen-bond acceptors (Lipinski definition) is 4. The maximum absolute atomic E-state index is 12.9. The van der Waals surface area contributed by atoms with Gasteiger partial charge in [0.1, 0.15) is 0 Å². The minimum atomic E-state index is -3.72. The number of hydrogen-bond donors (Lipinski definition) is 0. The van der Waals surface area contributed by atoms with Crippen molar-refractivity contribution < 1.29 is 13.2 Å². The van der Waals surface area contributed by atoms with Gasteiger partial charge in [-0.25, -0.2) is 8.42 Å². The molecular formula is C16H20N2O3S. The standard InChI is InChI=1S/C16H20N2O3S/c1-3-15(19)14-6-4-5-9-18(14)22(20,21)16-8-7-13(11-17)10-12(16)2/h7-8,10,14H,3-6,9H2,1-2H3. The van der Waals surface area contributed by atoms with Gasteiger partial charge < -0.3 is 0 Å². The van der Waals surface area contributed by atoms with E-state index in [1.807, 2.05) is 6.07 Å². The highest BCUT2D eigenvalue weighted by atomic mass is 32.2. The van der Waals surface area contributed by atoms with Crippen LogP contribution in [0.15, 0.2) is 23.1 Å². The number of piperidine rings is 1. The molecule has 0 aliphatic carbocycles. The largest absolute Gasteiger partial charge is 0.298 e. The van der Waals surface area contributed by atoms with E-state index >= 15 is 0 Å². The highest BCUT2D eigenvalue weighted by molar-refractivity contribution is 7.89. The van der Waals surface area contributed by atoms with Crippen LogP contribution >= 0.6 is 0 Å². The highest BCUT2D eigenvalue weighted by Crippen LogP contribution is 2.28. The van der Waals surface area contributed by atoms with Gasteiger partial charge in [-0.15, -0.1) is 0 Å². The summed E-state index contributed by atoms with van der Waals surface area (Å²) in [6.45, 7) is 3.81. The van der Waals surface area contributed by atoms with Crippen LogP contribution in [0.3, 0.4) is 0 Å². The summed E-state index contributed by atoms with van der Waals surface area (Å²) in [6.07, 6.45) is 2.56. The van der Waals surface area contributed by atoms with E-state index in [1.165, 1.54) is 16.4 Å². The lowest BCUT2D eigenvalue weighted by Gasteiger charge is -2.33. The molecule has 1 fully saturated rings. The molecule has 0 bridgehead atoms. The Morgan fingerprint density at radius 2 is 2.14 bits per heavy atom. The molecule has 1 heterocycles. The summed E-state index contributed by atoms with van der Waals surface area (Å²) in [7, 11) is -3.72. The summed E-state index contributed by atoms with van der Waals surface area (Å²) in [5.74, 6) is -0.0328. The second-order valence-electron chi connectivity index (χ2n) is 5.54. The zero-order valence-electron chi connectivity index (χ0n) is 12.9. The minimum Gasteiger partial charge on any atom is -0.298 e. The van der Waals surface area contributed by atoms with Gasteiger partial charge in [0.15, 0.2) is 5.78 Å². The van der Waals surface area contributed by atoms with Crippen LogP contribution in [0.1, 0.15) is 43.7 Å². The molecule has 1 atom stereocenters. The van der Waals surface area contributed by atoms with E-state index < -0.39 is 16.1 Å². The molecule has 1 aliphatic rings. The summed E-state index contributed by atoms with van der Waals surface area (Å²) in [6, 6.07) is 5.97. The van der Waals surface area contributed by atoms with Crippen LogP contribution in [0, 0.1) is 18.3 Å². The molecule has 1 aromatic rings. The van der Waals surface area contributed by atoms with Crippen molar-refractivity contribution in [3.05, 3.63) is 29.3 Å². The average Bonchev–Trinajstić information content (AvgIpc) is 2.53. The average molecular weight is 320 g/mol. The molecule has 0 spiro atoms. The van der Waals surface area contributed by atoms with Crippen molar-refractivity contribution in [2.45, 2.75) is 50.5 Å². The van der Waals surface area contributed by atoms with Crippen molar-refractivity contribution in [2.24, 2.45) is 0 Å². The molecule has 118 valence electrons. The smallest absolute Gasteiger partial charge is 0.243 e. The molecule has 0 saturated carbocycles. The Kier molecular flexibility index (Phi) is 4.99. The SMILES string of the molecule is CCC(=O)C1CCCCN1S(=O)(=O)c1ccc(C#N)cc1C. The lowest BCUT2D eigenvalue weighted by Crippen LogP contribution is -2.47. The van der Waals surface area contributed by atoms with E-state index in [9.17, 15) is 13.2 Å². The van der Waals surface area contributed by atoms with Gasteiger partial charge >= 0.3 is 0 Å². The quantitative estimate of drug-likeness (QED) is 0.853. The first kappa shape index (κ1) is 16.7. The van der Waals surface area contributed by atoms with Crippen molar-refractivity contribution >= 4 is 15.8 Å². The fraction of sp³-hybridized carbons (Fsp3) is 0.500. The lowest BCUT2D eigenvalue weighted by molar-refractivity contribution is -0.123. The second kappa shape index (κ2) is 6.59. The van der Waals surface area contributed by atoms with Gasteiger partial charge in [-0.1, -0.05) is 13.3 Å². The molecule has 0 N–H and O–H groups in total. The fourth-order valence-electron chi connectivity index (χ4n) is 2.88. The number of carbonyl (C=O) groups is 1. The minimum absolute atomic E-state index is 0.0328. The van der Waals surface area contributed by atoms with Gasteiger partial charge in [0, 0.05) is 13.0 Å². The molecule has 0 aromatic heterocycles. The molecule has 1 saturated heterocycles. The van der Waals surface area contributed by atoms with Crippen molar-refractivity contribution in [2.75, 3.05) is 6.54 Å². The summed E-state index contributed by atoms with van der Waals surface area (Å²) in [5.41, 5.74) is 0.962. The normalized spacial score (nSPS) is 19.6. The Bertz CT molecular complexity index is 719. The van der Waals surface area contributed by atoms with Crippen LogP contribution in [0.4, 0.5) is 0 Å². The van der Waals surface area contributed by atoms with Crippen LogP contribution in [0.5, 0.6) is 0 Å². The molecule has 22 heavy (non-hydrogen) atoms. The van der Waals surface area contributed by atoms with E-state index in [0.717, 1.165) is 12.8 Å². The van der Waals surface area contributed by atoms with Gasteiger partial charge in [-0.05, 0) is 43.5 Å². The second-order valence-corrected chi connectivity index (χ2v) is 7.40. The maximum Gasteiger partial charge on any atom is 0.243 e. The first-order chi connectivity index (χ1) is 10.4. The molecule has 5 nitrogen and oxygen atoms in total. The van der Waals surface area contributed by atoms with E-state index in [1.54, 1.807) is 19.9 Å². The van der Waals surface area contributed by atoms with Gasteiger partial charge in [0.2, 0.25) is 10.0 Å².